The zero-order valence-electron chi connectivity index (χ0n) is 15.4. The van der Waals surface area contributed by atoms with E-state index in [1.807, 2.05) is 13.8 Å². The number of alkyl halides is 3. The number of fused-ring (bicyclic) bond motifs is 1. The van der Waals surface area contributed by atoms with Crippen LogP contribution in [0.3, 0.4) is 0 Å². The maximum Gasteiger partial charge on any atom is 0.490 e. The lowest BCUT2D eigenvalue weighted by atomic mass is 9.68. The highest BCUT2D eigenvalue weighted by atomic mass is 19.4. The lowest BCUT2D eigenvalue weighted by Gasteiger charge is -2.37. The molecule has 0 aliphatic carbocycles. The summed E-state index contributed by atoms with van der Waals surface area (Å²) in [6, 6.07) is 3.18. The van der Waals surface area contributed by atoms with E-state index in [2.05, 4.69) is 15.6 Å². The van der Waals surface area contributed by atoms with Gasteiger partial charge < -0.3 is 25.5 Å². The minimum atomic E-state index is -5.08. The fourth-order valence-corrected chi connectivity index (χ4v) is 3.54. The van der Waals surface area contributed by atoms with Gasteiger partial charge >= 0.3 is 12.1 Å². The number of pyridine rings is 1. The number of halogens is 3. The molecule has 2 aliphatic rings. The molecule has 0 radical (unpaired) electrons. The number of carboxylic acid groups (broad SMARTS) is 1. The van der Waals surface area contributed by atoms with E-state index in [1.54, 1.807) is 12.3 Å². The Balaban J connectivity index is 0.000000345. The Morgan fingerprint density at radius 1 is 1.36 bits per heavy atom. The van der Waals surface area contributed by atoms with Crippen LogP contribution in [0.2, 0.25) is 0 Å². The van der Waals surface area contributed by atoms with Crippen LogP contribution >= 0.6 is 0 Å². The first kappa shape index (κ1) is 21.9. The summed E-state index contributed by atoms with van der Waals surface area (Å²) < 4.78 is 37.6. The van der Waals surface area contributed by atoms with Gasteiger partial charge in [-0.1, -0.05) is 6.07 Å². The SMILES string of the molecule is CC1(C)OCC2CNCC21C(=O)NCc1ccc(=O)[nH]c1.O=C(O)C(F)(F)F. The lowest BCUT2D eigenvalue weighted by molar-refractivity contribution is -0.192. The minimum Gasteiger partial charge on any atom is -0.475 e. The molecule has 28 heavy (non-hydrogen) atoms. The van der Waals surface area contributed by atoms with E-state index in [9.17, 15) is 22.8 Å². The van der Waals surface area contributed by atoms with Gasteiger partial charge in [-0.25, -0.2) is 4.79 Å². The first-order valence-electron chi connectivity index (χ1n) is 8.51. The van der Waals surface area contributed by atoms with Crippen LogP contribution in [-0.4, -0.2) is 53.4 Å². The highest BCUT2D eigenvalue weighted by Gasteiger charge is 2.63. The third-order valence-electron chi connectivity index (χ3n) is 5.16. The van der Waals surface area contributed by atoms with Gasteiger partial charge in [-0.2, -0.15) is 13.2 Å². The average Bonchev–Trinajstić information content (AvgIpc) is 3.14. The van der Waals surface area contributed by atoms with E-state index in [-0.39, 0.29) is 17.4 Å². The monoisotopic (exact) mass is 405 g/mol. The molecule has 0 aromatic carbocycles. The molecule has 2 fully saturated rings. The number of carboxylic acids is 1. The Morgan fingerprint density at radius 2 is 2.00 bits per heavy atom. The second kappa shape index (κ2) is 7.92. The van der Waals surface area contributed by atoms with Crippen LogP contribution in [0.4, 0.5) is 13.2 Å². The van der Waals surface area contributed by atoms with Crippen LogP contribution in [-0.2, 0) is 20.9 Å². The number of nitrogens with one attached hydrogen (secondary N) is 3. The van der Waals surface area contributed by atoms with Gasteiger partial charge in [-0.05, 0) is 19.4 Å². The van der Waals surface area contributed by atoms with Crippen LogP contribution in [0.25, 0.3) is 0 Å². The molecule has 8 nitrogen and oxygen atoms in total. The molecule has 0 saturated carbocycles. The van der Waals surface area contributed by atoms with Crippen LogP contribution in [0.5, 0.6) is 0 Å². The third-order valence-corrected chi connectivity index (χ3v) is 5.16. The van der Waals surface area contributed by atoms with E-state index in [0.29, 0.717) is 19.7 Å². The van der Waals surface area contributed by atoms with Crippen molar-refractivity contribution in [1.29, 1.82) is 0 Å². The number of aromatic amines is 1. The van der Waals surface area contributed by atoms with Crippen LogP contribution < -0.4 is 16.2 Å². The predicted molar refractivity (Wildman–Crippen MR) is 91.4 cm³/mol. The molecule has 2 saturated heterocycles. The van der Waals surface area contributed by atoms with Crippen molar-refractivity contribution < 1.29 is 32.6 Å². The molecule has 4 N–H and O–H groups in total. The maximum atomic E-state index is 12.8. The Kier molecular flexibility index (Phi) is 6.19. The van der Waals surface area contributed by atoms with Crippen molar-refractivity contribution in [2.24, 2.45) is 11.3 Å². The molecule has 2 aliphatic heterocycles. The summed E-state index contributed by atoms with van der Waals surface area (Å²) in [5, 5.41) is 13.4. The normalized spacial score (nSPS) is 25.4. The number of rotatable bonds is 3. The number of H-pyrrole nitrogens is 1. The predicted octanol–water partition coefficient (Wildman–Crippen LogP) is 0.639. The fourth-order valence-electron chi connectivity index (χ4n) is 3.54. The average molecular weight is 405 g/mol. The first-order valence-corrected chi connectivity index (χ1v) is 8.51. The largest absolute Gasteiger partial charge is 0.490 e. The second-order valence-electron chi connectivity index (χ2n) is 7.17. The molecule has 2 atom stereocenters. The quantitative estimate of drug-likeness (QED) is 0.586. The van der Waals surface area contributed by atoms with Crippen LogP contribution in [0.15, 0.2) is 23.1 Å². The van der Waals surface area contributed by atoms with Gasteiger partial charge in [0, 0.05) is 37.8 Å². The molecular weight excluding hydrogens is 383 g/mol. The molecule has 1 aromatic rings. The summed E-state index contributed by atoms with van der Waals surface area (Å²) in [7, 11) is 0. The van der Waals surface area contributed by atoms with E-state index in [0.717, 1.165) is 12.1 Å². The first-order chi connectivity index (χ1) is 12.9. The summed E-state index contributed by atoms with van der Waals surface area (Å²) in [6.07, 6.45) is -3.46. The summed E-state index contributed by atoms with van der Waals surface area (Å²) in [5.41, 5.74) is -0.265. The molecular formula is C17H22F3N3O5. The highest BCUT2D eigenvalue weighted by molar-refractivity contribution is 5.85. The standard InChI is InChI=1S/C15H21N3O3.C2HF3O2/c1-14(2)15(9-16-7-11(15)8-21-14)13(20)18-6-10-3-4-12(19)17-5-10;3-2(4,5)1(6)7/h3-5,11,16H,6-9H2,1-2H3,(H,17,19)(H,18,20);(H,6,7). The number of amides is 1. The minimum absolute atomic E-state index is 0.0196. The number of aromatic nitrogens is 1. The topological polar surface area (TPSA) is 121 Å². The number of hydrogen-bond acceptors (Lipinski definition) is 5. The third kappa shape index (κ3) is 4.36. The lowest BCUT2D eigenvalue weighted by Crippen LogP contribution is -2.55. The van der Waals surface area contributed by atoms with E-state index < -0.39 is 23.2 Å². The van der Waals surface area contributed by atoms with Crippen LogP contribution in [0.1, 0.15) is 19.4 Å². The molecule has 3 rings (SSSR count). The molecule has 3 heterocycles. The number of aliphatic carboxylic acids is 1. The summed E-state index contributed by atoms with van der Waals surface area (Å²) in [4.78, 5) is 35.3. The van der Waals surface area contributed by atoms with Crippen molar-refractivity contribution in [1.82, 2.24) is 15.6 Å². The summed E-state index contributed by atoms with van der Waals surface area (Å²) in [6.45, 7) is 6.45. The van der Waals surface area contributed by atoms with Crippen molar-refractivity contribution in [2.45, 2.75) is 32.2 Å². The summed E-state index contributed by atoms with van der Waals surface area (Å²) in [5.74, 6) is -2.53. The van der Waals surface area contributed by atoms with E-state index in [1.165, 1.54) is 6.07 Å². The Labute approximate surface area is 158 Å². The van der Waals surface area contributed by atoms with Crippen LogP contribution in [0, 0.1) is 11.3 Å². The van der Waals surface area contributed by atoms with Crippen molar-refractivity contribution in [2.75, 3.05) is 19.7 Å². The van der Waals surface area contributed by atoms with E-state index >= 15 is 0 Å². The van der Waals surface area contributed by atoms with Crippen molar-refractivity contribution in [3.05, 3.63) is 34.2 Å². The molecule has 1 amide bonds. The van der Waals surface area contributed by atoms with Gasteiger partial charge in [-0.3, -0.25) is 9.59 Å². The Morgan fingerprint density at radius 3 is 2.54 bits per heavy atom. The molecule has 0 spiro atoms. The van der Waals surface area contributed by atoms with Gasteiger partial charge in [0.05, 0.1) is 17.6 Å². The Hall–Kier alpha value is -2.40. The molecule has 0 bridgehead atoms. The zero-order valence-corrected chi connectivity index (χ0v) is 15.4. The number of ether oxygens (including phenoxy) is 1. The molecule has 2 unspecified atom stereocenters. The smallest absolute Gasteiger partial charge is 0.475 e. The zero-order chi connectivity index (χ0) is 21.2. The number of carbonyl (C=O) groups excluding carboxylic acids is 1. The maximum absolute atomic E-state index is 12.8. The summed E-state index contributed by atoms with van der Waals surface area (Å²) >= 11 is 0. The number of hydrogen-bond donors (Lipinski definition) is 4. The van der Waals surface area contributed by atoms with Gasteiger partial charge in [-0.15, -0.1) is 0 Å². The van der Waals surface area contributed by atoms with Crippen molar-refractivity contribution in [3.8, 4) is 0 Å². The van der Waals surface area contributed by atoms with Gasteiger partial charge in [0.2, 0.25) is 11.5 Å². The Bertz CT molecular complexity index is 772. The van der Waals surface area contributed by atoms with Crippen molar-refractivity contribution >= 4 is 11.9 Å². The van der Waals surface area contributed by atoms with Crippen molar-refractivity contribution in [3.63, 3.8) is 0 Å². The van der Waals surface area contributed by atoms with Gasteiger partial charge in [0.25, 0.3) is 0 Å². The highest BCUT2D eigenvalue weighted by Crippen LogP contribution is 2.49. The van der Waals surface area contributed by atoms with Gasteiger partial charge in [0.1, 0.15) is 0 Å². The molecule has 11 heteroatoms. The van der Waals surface area contributed by atoms with Gasteiger partial charge in [0.15, 0.2) is 0 Å². The second-order valence-corrected chi connectivity index (χ2v) is 7.17. The molecule has 1 aromatic heterocycles. The fraction of sp³-hybridized carbons (Fsp3) is 0.588. The number of carbonyl (C=O) groups is 2. The van der Waals surface area contributed by atoms with E-state index in [4.69, 9.17) is 14.6 Å². The molecule has 156 valence electrons.